The Balaban J connectivity index is 2.37. The van der Waals surface area contributed by atoms with Crippen LogP contribution in [0.1, 0.15) is 39.5 Å². The van der Waals surface area contributed by atoms with Crippen molar-refractivity contribution in [2.45, 2.75) is 51.2 Å². The number of nitrogens with one attached hydrogen (secondary N) is 1. The van der Waals surface area contributed by atoms with Crippen molar-refractivity contribution in [3.05, 3.63) is 0 Å². The summed E-state index contributed by atoms with van der Waals surface area (Å²) in [6.07, 6.45) is 3.87. The van der Waals surface area contributed by atoms with Crippen LogP contribution in [0.3, 0.4) is 0 Å². The first-order valence-corrected chi connectivity index (χ1v) is 7.25. The maximum atomic E-state index is 11.7. The zero-order chi connectivity index (χ0) is 14.3. The molecule has 1 fully saturated rings. The molecule has 0 heterocycles. The molecule has 1 saturated carbocycles. The topological polar surface area (TPSA) is 73.6 Å². The summed E-state index contributed by atoms with van der Waals surface area (Å²) >= 11 is 0. The maximum absolute atomic E-state index is 11.7. The number of primary amides is 1. The van der Waals surface area contributed by atoms with Gasteiger partial charge in [0, 0.05) is 13.2 Å². The largest absolute Gasteiger partial charge is 0.379 e. The molecule has 3 unspecified atom stereocenters. The third kappa shape index (κ3) is 4.16. The molecule has 1 aliphatic carbocycles. The monoisotopic (exact) mass is 272 g/mol. The van der Waals surface area contributed by atoms with E-state index >= 15 is 0 Å². The molecular weight excluding hydrogens is 244 g/mol. The van der Waals surface area contributed by atoms with Gasteiger partial charge in [0.15, 0.2) is 0 Å². The lowest BCUT2D eigenvalue weighted by molar-refractivity contribution is -0.126. The number of likely N-dealkylation sites (N-methyl/N-ethyl adjacent to an activating group) is 1. The van der Waals surface area contributed by atoms with Crippen molar-refractivity contribution in [3.63, 3.8) is 0 Å². The Hall–Kier alpha value is -0.650. The fourth-order valence-electron chi connectivity index (χ4n) is 2.99. The molecule has 3 atom stereocenters. The van der Waals surface area contributed by atoms with E-state index in [1.807, 2.05) is 20.9 Å². The second-order valence-electron chi connectivity index (χ2n) is 5.30. The second kappa shape index (κ2) is 7.82. The predicted molar refractivity (Wildman–Crippen MR) is 74.9 cm³/mol. The van der Waals surface area contributed by atoms with E-state index < -0.39 is 5.54 Å². The summed E-state index contributed by atoms with van der Waals surface area (Å²) in [4.78, 5) is 11.7. The smallest absolute Gasteiger partial charge is 0.238 e. The summed E-state index contributed by atoms with van der Waals surface area (Å²) in [5.74, 6) is 0.0363. The Morgan fingerprint density at radius 3 is 2.89 bits per heavy atom. The molecule has 5 nitrogen and oxygen atoms in total. The van der Waals surface area contributed by atoms with E-state index in [0.717, 1.165) is 25.7 Å². The summed E-state index contributed by atoms with van der Waals surface area (Å²) in [5, 5.41) is 3.14. The molecule has 1 rings (SSSR count). The average Bonchev–Trinajstić information content (AvgIpc) is 2.80. The predicted octanol–water partition coefficient (Wildman–Crippen LogP) is 1.06. The highest BCUT2D eigenvalue weighted by atomic mass is 16.5. The fraction of sp³-hybridized carbons (Fsp3) is 0.929. The molecule has 0 aromatic rings. The normalized spacial score (nSPS) is 28.5. The van der Waals surface area contributed by atoms with Gasteiger partial charge in [-0.1, -0.05) is 6.42 Å². The lowest BCUT2D eigenvalue weighted by Crippen LogP contribution is -2.56. The van der Waals surface area contributed by atoms with Crippen LogP contribution in [0.2, 0.25) is 0 Å². The average molecular weight is 272 g/mol. The van der Waals surface area contributed by atoms with Gasteiger partial charge >= 0.3 is 0 Å². The number of hydrogen-bond donors (Lipinski definition) is 2. The number of rotatable bonds is 9. The van der Waals surface area contributed by atoms with Gasteiger partial charge in [0.1, 0.15) is 5.54 Å². The van der Waals surface area contributed by atoms with Crippen LogP contribution < -0.4 is 11.1 Å². The standard InChI is InChI=1S/C14H28N2O3/c1-4-18-10-11(2)19-9-7-12-6-5-8-14(12,16-3)13(15)17/h11-12,16H,4-10H2,1-3H3,(H2,15,17). The lowest BCUT2D eigenvalue weighted by Gasteiger charge is -2.32. The van der Waals surface area contributed by atoms with Gasteiger partial charge in [-0.25, -0.2) is 0 Å². The number of hydrogen-bond acceptors (Lipinski definition) is 4. The highest BCUT2D eigenvalue weighted by molar-refractivity contribution is 5.85. The third-order valence-electron chi connectivity index (χ3n) is 4.13. The second-order valence-corrected chi connectivity index (χ2v) is 5.30. The molecule has 1 amide bonds. The molecule has 0 radical (unpaired) electrons. The molecule has 0 aromatic heterocycles. The van der Waals surface area contributed by atoms with Crippen molar-refractivity contribution in [2.24, 2.45) is 11.7 Å². The number of ether oxygens (including phenoxy) is 2. The van der Waals surface area contributed by atoms with Crippen molar-refractivity contribution in [1.82, 2.24) is 5.32 Å². The Bertz CT molecular complexity index is 286. The first-order chi connectivity index (χ1) is 9.06. The van der Waals surface area contributed by atoms with Crippen molar-refractivity contribution in [2.75, 3.05) is 26.9 Å². The molecule has 5 heteroatoms. The van der Waals surface area contributed by atoms with Crippen LogP contribution >= 0.6 is 0 Å². The summed E-state index contributed by atoms with van der Waals surface area (Å²) in [7, 11) is 1.82. The summed E-state index contributed by atoms with van der Waals surface area (Å²) in [5.41, 5.74) is 5.03. The van der Waals surface area contributed by atoms with Crippen molar-refractivity contribution >= 4 is 5.91 Å². The van der Waals surface area contributed by atoms with E-state index in [-0.39, 0.29) is 17.9 Å². The molecule has 19 heavy (non-hydrogen) atoms. The maximum Gasteiger partial charge on any atom is 0.238 e. The first-order valence-electron chi connectivity index (χ1n) is 7.25. The van der Waals surface area contributed by atoms with Gasteiger partial charge in [0.25, 0.3) is 0 Å². The van der Waals surface area contributed by atoms with Gasteiger partial charge in [-0.2, -0.15) is 0 Å². The minimum atomic E-state index is -0.535. The van der Waals surface area contributed by atoms with Crippen LogP contribution in [0.5, 0.6) is 0 Å². The Morgan fingerprint density at radius 2 is 2.32 bits per heavy atom. The zero-order valence-corrected chi connectivity index (χ0v) is 12.4. The molecule has 0 spiro atoms. The summed E-state index contributed by atoms with van der Waals surface area (Å²) in [6, 6.07) is 0. The first kappa shape index (κ1) is 16.4. The molecule has 0 aliphatic heterocycles. The van der Waals surface area contributed by atoms with Crippen LogP contribution in [0.25, 0.3) is 0 Å². The van der Waals surface area contributed by atoms with Gasteiger partial charge in [-0.15, -0.1) is 0 Å². The summed E-state index contributed by atoms with van der Waals surface area (Å²) < 4.78 is 11.0. The molecule has 0 bridgehead atoms. The van der Waals surface area contributed by atoms with E-state index in [1.54, 1.807) is 0 Å². The minimum Gasteiger partial charge on any atom is -0.379 e. The van der Waals surface area contributed by atoms with Gasteiger partial charge in [-0.3, -0.25) is 4.79 Å². The third-order valence-corrected chi connectivity index (χ3v) is 4.13. The van der Waals surface area contributed by atoms with Gasteiger partial charge in [0.2, 0.25) is 5.91 Å². The van der Waals surface area contributed by atoms with E-state index in [1.165, 1.54) is 0 Å². The SMILES string of the molecule is CCOCC(C)OCCC1CCCC1(NC)C(N)=O. The minimum absolute atomic E-state index is 0.0962. The van der Waals surface area contributed by atoms with Crippen molar-refractivity contribution in [3.8, 4) is 0 Å². The van der Waals surface area contributed by atoms with Crippen molar-refractivity contribution in [1.29, 1.82) is 0 Å². The number of carbonyl (C=O) groups is 1. The van der Waals surface area contributed by atoms with Gasteiger partial charge in [0.05, 0.1) is 12.7 Å². The number of nitrogens with two attached hydrogens (primary N) is 1. The highest BCUT2D eigenvalue weighted by Crippen LogP contribution is 2.37. The number of carbonyl (C=O) groups excluding carboxylic acids is 1. The highest BCUT2D eigenvalue weighted by Gasteiger charge is 2.46. The molecule has 1 aliphatic rings. The van der Waals surface area contributed by atoms with Gasteiger partial charge < -0.3 is 20.5 Å². The number of amides is 1. The van der Waals surface area contributed by atoms with E-state index in [9.17, 15) is 4.79 Å². The van der Waals surface area contributed by atoms with Crippen LogP contribution in [-0.2, 0) is 14.3 Å². The summed E-state index contributed by atoms with van der Waals surface area (Å²) in [6.45, 7) is 5.95. The van der Waals surface area contributed by atoms with Crippen LogP contribution in [0, 0.1) is 5.92 Å². The van der Waals surface area contributed by atoms with Crippen molar-refractivity contribution < 1.29 is 14.3 Å². The van der Waals surface area contributed by atoms with Gasteiger partial charge in [-0.05, 0) is 46.1 Å². The van der Waals surface area contributed by atoms with Crippen LogP contribution in [0.15, 0.2) is 0 Å². The van der Waals surface area contributed by atoms with E-state index in [2.05, 4.69) is 5.32 Å². The molecule has 112 valence electrons. The molecular formula is C14H28N2O3. The Labute approximate surface area is 116 Å². The Kier molecular flexibility index (Phi) is 6.75. The lowest BCUT2D eigenvalue weighted by atomic mass is 9.84. The van der Waals surface area contributed by atoms with E-state index in [4.69, 9.17) is 15.2 Å². The zero-order valence-electron chi connectivity index (χ0n) is 12.4. The molecule has 0 aromatic carbocycles. The quantitative estimate of drug-likeness (QED) is 0.658. The molecule has 3 N–H and O–H groups in total. The Morgan fingerprint density at radius 1 is 1.58 bits per heavy atom. The fourth-order valence-corrected chi connectivity index (χ4v) is 2.99. The van der Waals surface area contributed by atoms with Crippen LogP contribution in [0.4, 0.5) is 0 Å². The van der Waals surface area contributed by atoms with E-state index in [0.29, 0.717) is 19.8 Å². The molecule has 0 saturated heterocycles. The van der Waals surface area contributed by atoms with Crippen LogP contribution in [-0.4, -0.2) is 44.4 Å².